The Morgan fingerprint density at radius 3 is 2.72 bits per heavy atom. The Morgan fingerprint density at radius 1 is 1.28 bits per heavy atom. The van der Waals surface area contributed by atoms with Crippen LogP contribution >= 0.6 is 15.9 Å². The number of hydrogen-bond donors (Lipinski definition) is 1. The summed E-state index contributed by atoms with van der Waals surface area (Å²) in [5.41, 5.74) is 1.29. The van der Waals surface area contributed by atoms with Gasteiger partial charge in [0, 0.05) is 19.0 Å². The average molecular weight is 313 g/mol. The molecule has 1 aromatic heterocycles. The summed E-state index contributed by atoms with van der Waals surface area (Å²) in [7, 11) is 2.01. The zero-order valence-corrected chi connectivity index (χ0v) is 12.5. The number of nitrogens with zero attached hydrogens (tertiary/aromatic N) is 3. The molecule has 0 bridgehead atoms. The fourth-order valence-corrected chi connectivity index (χ4v) is 3.77. The molecule has 0 radical (unpaired) electrons. The highest BCUT2D eigenvalue weighted by molar-refractivity contribution is 9.10. The fourth-order valence-electron chi connectivity index (χ4n) is 3.15. The molecule has 0 aromatic carbocycles. The zero-order valence-electron chi connectivity index (χ0n) is 10.9. The van der Waals surface area contributed by atoms with Crippen molar-refractivity contribution < 1.29 is 0 Å². The second kappa shape index (κ2) is 5.29. The zero-order chi connectivity index (χ0) is 12.5. The molecule has 18 heavy (non-hydrogen) atoms. The summed E-state index contributed by atoms with van der Waals surface area (Å²) in [6, 6.07) is 0.806. The van der Waals surface area contributed by atoms with E-state index >= 15 is 0 Å². The van der Waals surface area contributed by atoms with Gasteiger partial charge in [-0.3, -0.25) is 4.68 Å². The van der Waals surface area contributed by atoms with Crippen molar-refractivity contribution in [3.63, 3.8) is 0 Å². The van der Waals surface area contributed by atoms with Gasteiger partial charge in [0.1, 0.15) is 0 Å². The molecule has 0 aliphatic heterocycles. The third-order valence-corrected chi connectivity index (χ3v) is 4.90. The maximum atomic E-state index is 4.14. The van der Waals surface area contributed by atoms with Crippen LogP contribution in [0, 0.1) is 5.92 Å². The van der Waals surface area contributed by atoms with Crippen LogP contribution in [0.25, 0.3) is 0 Å². The van der Waals surface area contributed by atoms with Gasteiger partial charge in [-0.25, -0.2) is 0 Å². The topological polar surface area (TPSA) is 42.7 Å². The van der Waals surface area contributed by atoms with E-state index in [9.17, 15) is 0 Å². The van der Waals surface area contributed by atoms with Gasteiger partial charge in [0.25, 0.3) is 0 Å². The Balaban J connectivity index is 1.73. The molecule has 1 heterocycles. The molecule has 100 valence electrons. The average Bonchev–Trinajstić information content (AvgIpc) is 3.14. The summed E-state index contributed by atoms with van der Waals surface area (Å²) < 4.78 is 2.89. The number of aryl methyl sites for hydroxylation is 1. The molecule has 2 atom stereocenters. The Hall–Kier alpha value is -0.420. The Labute approximate surface area is 117 Å². The van der Waals surface area contributed by atoms with Crippen molar-refractivity contribution in [2.75, 3.05) is 6.54 Å². The smallest absolute Gasteiger partial charge is 0.151 e. The van der Waals surface area contributed by atoms with Gasteiger partial charge in [0.15, 0.2) is 4.60 Å². The number of rotatable bonds is 4. The van der Waals surface area contributed by atoms with E-state index in [1.165, 1.54) is 44.2 Å². The maximum Gasteiger partial charge on any atom is 0.151 e. The number of halogens is 1. The SMILES string of the molecule is Cn1nnc(Br)c1C1CCCCC1CNC1CC1. The molecule has 1 N–H and O–H groups in total. The molecule has 0 amide bonds. The van der Waals surface area contributed by atoms with E-state index in [-0.39, 0.29) is 0 Å². The van der Waals surface area contributed by atoms with E-state index in [0.717, 1.165) is 23.1 Å². The molecular formula is C13H21BrN4. The first-order valence-electron chi connectivity index (χ1n) is 7.04. The molecule has 2 unspecified atom stereocenters. The van der Waals surface area contributed by atoms with Crippen LogP contribution in [0.4, 0.5) is 0 Å². The van der Waals surface area contributed by atoms with Crippen molar-refractivity contribution in [2.24, 2.45) is 13.0 Å². The van der Waals surface area contributed by atoms with Gasteiger partial charge in [-0.05, 0) is 54.1 Å². The molecule has 0 spiro atoms. The predicted molar refractivity (Wildman–Crippen MR) is 74.4 cm³/mol. The van der Waals surface area contributed by atoms with Crippen LogP contribution in [0.2, 0.25) is 0 Å². The van der Waals surface area contributed by atoms with Gasteiger partial charge in [0.05, 0.1) is 5.69 Å². The summed E-state index contributed by atoms with van der Waals surface area (Å²) in [6.45, 7) is 1.16. The van der Waals surface area contributed by atoms with Crippen LogP contribution < -0.4 is 5.32 Å². The molecule has 2 aliphatic rings. The minimum atomic E-state index is 0.611. The maximum absolute atomic E-state index is 4.14. The summed E-state index contributed by atoms with van der Waals surface area (Å²) in [5, 5.41) is 12.0. The van der Waals surface area contributed by atoms with E-state index < -0.39 is 0 Å². The molecule has 2 aliphatic carbocycles. The van der Waals surface area contributed by atoms with Crippen molar-refractivity contribution in [3.05, 3.63) is 10.3 Å². The lowest BCUT2D eigenvalue weighted by atomic mass is 9.77. The fraction of sp³-hybridized carbons (Fsp3) is 0.846. The Kier molecular flexibility index (Phi) is 3.71. The van der Waals surface area contributed by atoms with Gasteiger partial charge < -0.3 is 5.32 Å². The highest BCUT2D eigenvalue weighted by Crippen LogP contribution is 2.39. The molecule has 3 rings (SSSR count). The molecule has 5 heteroatoms. The van der Waals surface area contributed by atoms with Crippen molar-refractivity contribution in [1.29, 1.82) is 0 Å². The Morgan fingerprint density at radius 2 is 2.06 bits per heavy atom. The predicted octanol–water partition coefficient (Wildman–Crippen LogP) is 2.60. The standard InChI is InChI=1S/C13H21BrN4/c1-18-12(13(14)16-17-18)11-5-3-2-4-9(11)8-15-10-6-7-10/h9-11,15H,2-8H2,1H3. The van der Waals surface area contributed by atoms with Crippen LogP contribution in [0.1, 0.15) is 50.1 Å². The lowest BCUT2D eigenvalue weighted by molar-refractivity contribution is 0.284. The third kappa shape index (κ3) is 2.62. The van der Waals surface area contributed by atoms with Gasteiger partial charge >= 0.3 is 0 Å². The van der Waals surface area contributed by atoms with E-state index in [2.05, 4.69) is 31.6 Å². The monoisotopic (exact) mass is 312 g/mol. The van der Waals surface area contributed by atoms with Crippen LogP contribution in [-0.2, 0) is 7.05 Å². The van der Waals surface area contributed by atoms with Crippen LogP contribution in [0.15, 0.2) is 4.60 Å². The highest BCUT2D eigenvalue weighted by atomic mass is 79.9. The lowest BCUT2D eigenvalue weighted by Gasteiger charge is -2.31. The summed E-state index contributed by atoms with van der Waals surface area (Å²) in [5.74, 6) is 1.35. The number of hydrogen-bond acceptors (Lipinski definition) is 3. The first-order valence-corrected chi connectivity index (χ1v) is 7.83. The van der Waals surface area contributed by atoms with Gasteiger partial charge in [-0.15, -0.1) is 5.10 Å². The van der Waals surface area contributed by atoms with Crippen LogP contribution in [0.5, 0.6) is 0 Å². The van der Waals surface area contributed by atoms with E-state index in [0.29, 0.717) is 5.92 Å². The van der Waals surface area contributed by atoms with Crippen molar-refractivity contribution >= 4 is 15.9 Å². The van der Waals surface area contributed by atoms with Gasteiger partial charge in [0.2, 0.25) is 0 Å². The quantitative estimate of drug-likeness (QED) is 0.929. The molecule has 2 fully saturated rings. The Bertz CT molecular complexity index is 394. The molecular weight excluding hydrogens is 292 g/mol. The lowest BCUT2D eigenvalue weighted by Crippen LogP contribution is -2.31. The van der Waals surface area contributed by atoms with Crippen molar-refractivity contribution in [3.8, 4) is 0 Å². The normalized spacial score (nSPS) is 28.6. The second-order valence-corrected chi connectivity index (χ2v) is 6.47. The first-order chi connectivity index (χ1) is 8.75. The van der Waals surface area contributed by atoms with Gasteiger partial charge in [-0.2, -0.15) is 0 Å². The van der Waals surface area contributed by atoms with Gasteiger partial charge in [-0.1, -0.05) is 18.1 Å². The summed E-state index contributed by atoms with van der Waals surface area (Å²) >= 11 is 3.56. The van der Waals surface area contributed by atoms with Crippen LogP contribution in [-0.4, -0.2) is 27.6 Å². The van der Waals surface area contributed by atoms with E-state index in [1.807, 2.05) is 11.7 Å². The minimum Gasteiger partial charge on any atom is -0.314 e. The molecule has 4 nitrogen and oxygen atoms in total. The molecule has 1 aromatic rings. The number of aromatic nitrogens is 3. The van der Waals surface area contributed by atoms with E-state index in [4.69, 9.17) is 0 Å². The third-order valence-electron chi connectivity index (χ3n) is 4.33. The molecule has 0 saturated heterocycles. The number of nitrogens with one attached hydrogen (secondary N) is 1. The van der Waals surface area contributed by atoms with Crippen LogP contribution in [0.3, 0.4) is 0 Å². The summed E-state index contributed by atoms with van der Waals surface area (Å²) in [6.07, 6.45) is 8.06. The van der Waals surface area contributed by atoms with Crippen molar-refractivity contribution in [1.82, 2.24) is 20.3 Å². The van der Waals surface area contributed by atoms with Crippen molar-refractivity contribution in [2.45, 2.75) is 50.5 Å². The molecule has 2 saturated carbocycles. The highest BCUT2D eigenvalue weighted by Gasteiger charge is 2.32. The minimum absolute atomic E-state index is 0.611. The largest absolute Gasteiger partial charge is 0.314 e. The first kappa shape index (κ1) is 12.6. The van der Waals surface area contributed by atoms with E-state index in [1.54, 1.807) is 0 Å². The second-order valence-electron chi connectivity index (χ2n) is 5.72. The summed E-state index contributed by atoms with van der Waals surface area (Å²) in [4.78, 5) is 0.